The number of hydrogen-bond donors (Lipinski definition) is 2. The van der Waals surface area contributed by atoms with E-state index in [1.165, 1.54) is 24.8 Å². The van der Waals surface area contributed by atoms with Gasteiger partial charge >= 0.3 is 0 Å². The highest BCUT2D eigenvalue weighted by Crippen LogP contribution is 2.37. The molecule has 0 amide bonds. The summed E-state index contributed by atoms with van der Waals surface area (Å²) >= 11 is 0. The molecule has 1 aliphatic rings. The number of nitrogens with two attached hydrogens (primary N) is 1. The summed E-state index contributed by atoms with van der Waals surface area (Å²) in [6.07, 6.45) is 4.93. The third-order valence-electron chi connectivity index (χ3n) is 3.51. The summed E-state index contributed by atoms with van der Waals surface area (Å²) in [5.41, 5.74) is 4.21. The van der Waals surface area contributed by atoms with Crippen molar-refractivity contribution in [3.05, 3.63) is 29.8 Å². The summed E-state index contributed by atoms with van der Waals surface area (Å²) in [4.78, 5) is 0. The van der Waals surface area contributed by atoms with Crippen LogP contribution < -0.4 is 16.0 Å². The molecule has 1 aliphatic carbocycles. The van der Waals surface area contributed by atoms with Crippen LogP contribution in [0.2, 0.25) is 0 Å². The molecule has 1 saturated carbocycles. The molecule has 0 heterocycles. The van der Waals surface area contributed by atoms with Crippen LogP contribution >= 0.6 is 0 Å². The van der Waals surface area contributed by atoms with E-state index in [9.17, 15) is 0 Å². The maximum atomic E-state index is 5.65. The lowest BCUT2D eigenvalue weighted by atomic mass is 9.77. The Kier molecular flexibility index (Phi) is 4.40. The Labute approximate surface area is 103 Å². The van der Waals surface area contributed by atoms with Crippen molar-refractivity contribution in [2.45, 2.75) is 38.6 Å². The van der Waals surface area contributed by atoms with Gasteiger partial charge in [-0.1, -0.05) is 25.5 Å². The van der Waals surface area contributed by atoms with E-state index in [0.717, 1.165) is 18.8 Å². The van der Waals surface area contributed by atoms with E-state index in [4.69, 9.17) is 10.6 Å². The lowest BCUT2D eigenvalue weighted by Gasteiger charge is -2.33. The molecule has 2 rings (SSSR count). The standard InChI is InChI=1S/C14H22N2O/c1-2-10-17-13-8-6-12(7-9-13)14(16-15)11-4-3-5-11/h6-9,11,14,16H,2-5,10,15H2,1H3. The average molecular weight is 234 g/mol. The van der Waals surface area contributed by atoms with Gasteiger partial charge in [0.15, 0.2) is 0 Å². The van der Waals surface area contributed by atoms with Gasteiger partial charge in [0, 0.05) is 6.04 Å². The van der Waals surface area contributed by atoms with E-state index in [1.807, 2.05) is 12.1 Å². The molecule has 1 atom stereocenters. The second-order valence-corrected chi connectivity index (χ2v) is 4.75. The third kappa shape index (κ3) is 2.99. The Bertz CT molecular complexity index is 333. The Balaban J connectivity index is 1.99. The van der Waals surface area contributed by atoms with Crippen LogP contribution in [-0.2, 0) is 0 Å². The molecule has 0 radical (unpaired) electrons. The van der Waals surface area contributed by atoms with Crippen LogP contribution in [0.4, 0.5) is 0 Å². The van der Waals surface area contributed by atoms with Crippen LogP contribution in [-0.4, -0.2) is 6.61 Å². The first-order valence-electron chi connectivity index (χ1n) is 6.54. The van der Waals surface area contributed by atoms with E-state index in [-0.39, 0.29) is 0 Å². The SMILES string of the molecule is CCCOc1ccc(C(NN)C2CCC2)cc1. The molecule has 1 aromatic rings. The Morgan fingerprint density at radius 3 is 2.53 bits per heavy atom. The first-order chi connectivity index (χ1) is 8.35. The molecule has 3 nitrogen and oxygen atoms in total. The fourth-order valence-electron chi connectivity index (χ4n) is 2.27. The minimum Gasteiger partial charge on any atom is -0.494 e. The molecule has 0 aromatic heterocycles. The van der Waals surface area contributed by atoms with Crippen LogP contribution in [0, 0.1) is 5.92 Å². The number of hydrogen-bond acceptors (Lipinski definition) is 3. The van der Waals surface area contributed by atoms with E-state index in [2.05, 4.69) is 24.5 Å². The quantitative estimate of drug-likeness (QED) is 0.587. The van der Waals surface area contributed by atoms with Crippen molar-refractivity contribution in [2.75, 3.05) is 6.61 Å². The molecule has 94 valence electrons. The van der Waals surface area contributed by atoms with Crippen molar-refractivity contribution in [1.82, 2.24) is 5.43 Å². The van der Waals surface area contributed by atoms with Crippen molar-refractivity contribution in [2.24, 2.45) is 11.8 Å². The summed E-state index contributed by atoms with van der Waals surface area (Å²) in [6, 6.07) is 8.60. The van der Waals surface area contributed by atoms with Crippen molar-refractivity contribution in [3.63, 3.8) is 0 Å². The van der Waals surface area contributed by atoms with Gasteiger partial charge in [-0.25, -0.2) is 0 Å². The first-order valence-corrected chi connectivity index (χ1v) is 6.54. The molecule has 0 spiro atoms. The van der Waals surface area contributed by atoms with Gasteiger partial charge < -0.3 is 4.74 Å². The van der Waals surface area contributed by atoms with Gasteiger partial charge in [0.1, 0.15) is 5.75 Å². The number of rotatable bonds is 6. The zero-order valence-electron chi connectivity index (χ0n) is 10.5. The van der Waals surface area contributed by atoms with E-state index in [1.54, 1.807) is 0 Å². The second-order valence-electron chi connectivity index (χ2n) is 4.75. The van der Waals surface area contributed by atoms with Crippen LogP contribution in [0.25, 0.3) is 0 Å². The first kappa shape index (κ1) is 12.4. The monoisotopic (exact) mass is 234 g/mol. The zero-order valence-corrected chi connectivity index (χ0v) is 10.5. The number of hydrazine groups is 1. The topological polar surface area (TPSA) is 47.3 Å². The van der Waals surface area contributed by atoms with Crippen molar-refractivity contribution in [1.29, 1.82) is 0 Å². The summed E-state index contributed by atoms with van der Waals surface area (Å²) in [5.74, 6) is 7.29. The van der Waals surface area contributed by atoms with Crippen LogP contribution in [0.3, 0.4) is 0 Å². The predicted octanol–water partition coefficient (Wildman–Crippen LogP) is 2.78. The van der Waals surface area contributed by atoms with Crippen molar-refractivity contribution >= 4 is 0 Å². The van der Waals surface area contributed by atoms with E-state index >= 15 is 0 Å². The molecule has 3 N–H and O–H groups in total. The lowest BCUT2D eigenvalue weighted by molar-refractivity contribution is 0.232. The highest BCUT2D eigenvalue weighted by molar-refractivity contribution is 5.29. The molecular formula is C14H22N2O. The smallest absolute Gasteiger partial charge is 0.119 e. The number of nitrogens with one attached hydrogen (secondary N) is 1. The van der Waals surface area contributed by atoms with E-state index < -0.39 is 0 Å². The third-order valence-corrected chi connectivity index (χ3v) is 3.51. The van der Waals surface area contributed by atoms with Gasteiger partial charge in [-0.3, -0.25) is 11.3 Å². The fraction of sp³-hybridized carbons (Fsp3) is 0.571. The molecule has 1 unspecified atom stereocenters. The predicted molar refractivity (Wildman–Crippen MR) is 69.6 cm³/mol. The van der Waals surface area contributed by atoms with Crippen molar-refractivity contribution in [3.8, 4) is 5.75 Å². The lowest BCUT2D eigenvalue weighted by Crippen LogP contribution is -2.36. The van der Waals surface area contributed by atoms with Crippen LogP contribution in [0.1, 0.15) is 44.2 Å². The van der Waals surface area contributed by atoms with Gasteiger partial charge in [0.25, 0.3) is 0 Å². The van der Waals surface area contributed by atoms with Crippen LogP contribution in [0.5, 0.6) is 5.75 Å². The summed E-state index contributed by atoms with van der Waals surface area (Å²) < 4.78 is 5.57. The molecular weight excluding hydrogens is 212 g/mol. The minimum atomic E-state index is 0.295. The molecule has 17 heavy (non-hydrogen) atoms. The Morgan fingerprint density at radius 2 is 2.06 bits per heavy atom. The highest BCUT2D eigenvalue weighted by Gasteiger charge is 2.27. The normalized spacial score (nSPS) is 17.5. The Morgan fingerprint density at radius 1 is 1.35 bits per heavy atom. The highest BCUT2D eigenvalue weighted by atomic mass is 16.5. The minimum absolute atomic E-state index is 0.295. The maximum Gasteiger partial charge on any atom is 0.119 e. The summed E-state index contributed by atoms with van der Waals surface area (Å²) in [6.45, 7) is 2.89. The van der Waals surface area contributed by atoms with Gasteiger partial charge in [0.2, 0.25) is 0 Å². The molecule has 1 aromatic carbocycles. The van der Waals surface area contributed by atoms with Gasteiger partial charge in [0.05, 0.1) is 6.61 Å². The maximum absolute atomic E-state index is 5.65. The second kappa shape index (κ2) is 6.03. The molecule has 0 bridgehead atoms. The number of ether oxygens (including phenoxy) is 1. The largest absolute Gasteiger partial charge is 0.494 e. The summed E-state index contributed by atoms with van der Waals surface area (Å²) in [7, 11) is 0. The zero-order chi connectivity index (χ0) is 12.1. The molecule has 3 heteroatoms. The average Bonchev–Trinajstić information content (AvgIpc) is 2.32. The molecule has 0 aliphatic heterocycles. The molecule has 0 saturated heterocycles. The van der Waals surface area contributed by atoms with E-state index in [0.29, 0.717) is 12.0 Å². The fourth-order valence-corrected chi connectivity index (χ4v) is 2.27. The summed E-state index contributed by atoms with van der Waals surface area (Å²) in [5, 5.41) is 0. The van der Waals surface area contributed by atoms with Gasteiger partial charge in [-0.05, 0) is 42.9 Å². The number of benzene rings is 1. The van der Waals surface area contributed by atoms with Gasteiger partial charge in [-0.15, -0.1) is 0 Å². The van der Waals surface area contributed by atoms with Crippen LogP contribution in [0.15, 0.2) is 24.3 Å². The molecule has 1 fully saturated rings. The van der Waals surface area contributed by atoms with Crippen molar-refractivity contribution < 1.29 is 4.74 Å². The van der Waals surface area contributed by atoms with Gasteiger partial charge in [-0.2, -0.15) is 0 Å². The Hall–Kier alpha value is -1.06.